The van der Waals surface area contributed by atoms with E-state index in [9.17, 15) is 9.70 Å². The van der Waals surface area contributed by atoms with E-state index >= 15 is 0 Å². The van der Waals surface area contributed by atoms with Gasteiger partial charge in [0, 0.05) is 43.4 Å². The molecular formula is C11H18ClNO7. The molecule has 0 aromatic carbocycles. The Morgan fingerprint density at radius 2 is 1.65 bits per heavy atom. The van der Waals surface area contributed by atoms with Crippen LogP contribution in [0, 0.1) is 15.2 Å². The fraction of sp³-hybridized carbons (Fsp3) is 0.727. The van der Waals surface area contributed by atoms with Gasteiger partial charge < -0.3 is 4.74 Å². The zero-order valence-corrected chi connectivity index (χ0v) is 12.7. The molecule has 0 N–H and O–H groups in total. The number of nitrogens with zero attached hydrogens (tertiary/aromatic N) is 1. The summed E-state index contributed by atoms with van der Waals surface area (Å²) in [6.07, 6.45) is 1.69. The van der Waals surface area contributed by atoms with Gasteiger partial charge in [-0.15, -0.1) is 10.2 Å². The Bertz CT molecular complexity index is 417. The first kappa shape index (κ1) is 18.9. The van der Waals surface area contributed by atoms with Crippen LogP contribution in [0.4, 0.5) is 0 Å². The molecule has 0 saturated heterocycles. The third-order valence-corrected chi connectivity index (χ3v) is 2.68. The number of carbonyl (C=O) groups excluding carboxylic acids is 1. The fourth-order valence-electron chi connectivity index (χ4n) is 1.94. The van der Waals surface area contributed by atoms with Gasteiger partial charge in [0.25, 0.3) is 0 Å². The van der Waals surface area contributed by atoms with Gasteiger partial charge in [-0.25, -0.2) is 23.4 Å². The highest BCUT2D eigenvalue weighted by atomic mass is 35.7. The predicted molar refractivity (Wildman–Crippen MR) is 56.5 cm³/mol. The van der Waals surface area contributed by atoms with Gasteiger partial charge in [0.2, 0.25) is 11.1 Å². The van der Waals surface area contributed by atoms with Crippen molar-refractivity contribution >= 4 is 5.97 Å². The SMILES string of the molecule is CCOC(=O)C1=CC(C)(C)[N+](=O)C1(C)C.[O-][Cl+3]([O-])([O-])[O-]. The monoisotopic (exact) mass is 311 g/mol. The van der Waals surface area contributed by atoms with Gasteiger partial charge in [0.05, 0.1) is 6.61 Å². The number of ether oxygens (including phenoxy) is 1. The van der Waals surface area contributed by atoms with Gasteiger partial charge in [0.1, 0.15) is 5.57 Å². The summed E-state index contributed by atoms with van der Waals surface area (Å²) in [5.74, 6) is -0.395. The van der Waals surface area contributed by atoms with E-state index in [0.717, 1.165) is 4.76 Å². The van der Waals surface area contributed by atoms with Crippen molar-refractivity contribution in [2.45, 2.75) is 45.7 Å². The number of hydrogen-bond acceptors (Lipinski definition) is 7. The molecule has 0 amide bonds. The van der Waals surface area contributed by atoms with Gasteiger partial charge in [0.15, 0.2) is 0 Å². The second-order valence-electron chi connectivity index (χ2n) is 5.16. The highest BCUT2D eigenvalue weighted by Crippen LogP contribution is 2.36. The number of carbonyl (C=O) groups is 1. The number of halogens is 1. The minimum absolute atomic E-state index is 0.325. The molecule has 0 aromatic heterocycles. The Morgan fingerprint density at radius 1 is 1.25 bits per heavy atom. The van der Waals surface area contributed by atoms with Crippen LogP contribution in [0.2, 0.25) is 0 Å². The molecule has 20 heavy (non-hydrogen) atoms. The molecule has 116 valence electrons. The molecule has 1 aliphatic rings. The highest BCUT2D eigenvalue weighted by Gasteiger charge is 2.57. The van der Waals surface area contributed by atoms with Crippen molar-refractivity contribution < 1.29 is 43.2 Å². The van der Waals surface area contributed by atoms with Crippen LogP contribution >= 0.6 is 0 Å². The number of nitroso groups, excluding NO2 is 1. The van der Waals surface area contributed by atoms with E-state index in [1.807, 2.05) is 0 Å². The van der Waals surface area contributed by atoms with Crippen LogP contribution < -0.4 is 18.6 Å². The lowest BCUT2D eigenvalue weighted by Gasteiger charge is -2.17. The Labute approximate surface area is 119 Å². The average Bonchev–Trinajstić information content (AvgIpc) is 2.37. The topological polar surface area (TPSA) is 139 Å². The van der Waals surface area contributed by atoms with Gasteiger partial charge in [-0.1, -0.05) is 0 Å². The summed E-state index contributed by atoms with van der Waals surface area (Å²) in [5, 5.41) is 0. The predicted octanol–water partition coefficient (Wildman–Crippen LogP) is -2.93. The van der Waals surface area contributed by atoms with Crippen molar-refractivity contribution in [2.75, 3.05) is 6.61 Å². The molecule has 0 aliphatic carbocycles. The summed E-state index contributed by atoms with van der Waals surface area (Å²) >= 11 is 0. The van der Waals surface area contributed by atoms with Gasteiger partial charge in [-0.3, -0.25) is 0 Å². The lowest BCUT2D eigenvalue weighted by Crippen LogP contribution is -2.68. The van der Waals surface area contributed by atoms with E-state index in [4.69, 9.17) is 23.4 Å². The van der Waals surface area contributed by atoms with Gasteiger partial charge >= 0.3 is 5.97 Å². The van der Waals surface area contributed by atoms with E-state index in [-0.39, 0.29) is 0 Å². The van der Waals surface area contributed by atoms with Crippen molar-refractivity contribution in [3.05, 3.63) is 16.6 Å². The van der Waals surface area contributed by atoms with Crippen molar-refractivity contribution in [2.24, 2.45) is 0 Å². The quantitative estimate of drug-likeness (QED) is 0.393. The third-order valence-electron chi connectivity index (χ3n) is 2.68. The minimum atomic E-state index is -4.94. The zero-order chi connectivity index (χ0) is 16.4. The van der Waals surface area contributed by atoms with Crippen LogP contribution in [-0.4, -0.2) is 28.4 Å². The summed E-state index contributed by atoms with van der Waals surface area (Å²) in [5.41, 5.74) is -1.01. The second-order valence-corrected chi connectivity index (χ2v) is 5.92. The van der Waals surface area contributed by atoms with Crippen molar-refractivity contribution in [3.63, 3.8) is 0 Å². The maximum atomic E-state index is 11.9. The largest absolute Gasteiger partial charge is 0.462 e. The van der Waals surface area contributed by atoms with E-state index in [0.29, 0.717) is 12.2 Å². The zero-order valence-electron chi connectivity index (χ0n) is 12.0. The maximum Gasteiger partial charge on any atom is 0.341 e. The molecule has 8 nitrogen and oxygen atoms in total. The number of esters is 1. The molecule has 0 fully saturated rings. The van der Waals surface area contributed by atoms with Crippen molar-refractivity contribution in [3.8, 4) is 0 Å². The molecule has 0 aromatic rings. The summed E-state index contributed by atoms with van der Waals surface area (Å²) in [6, 6.07) is 0. The number of rotatable bonds is 2. The molecule has 1 rings (SSSR count). The maximum absolute atomic E-state index is 11.9. The standard InChI is InChI=1S/C11H18NO3.ClHO4/c1-6-15-9(13)8-7-10(2,3)12(14)11(8,4)5;2-1(3,4)5/h7H,6H2,1-5H3;(H,2,3,4,5)/q+1;/p-1. The third kappa shape index (κ3) is 5.14. The lowest BCUT2D eigenvalue weighted by atomic mass is 9.97. The normalized spacial score (nSPS) is 19.9. The van der Waals surface area contributed by atoms with E-state index in [1.54, 1.807) is 40.7 Å². The first-order valence-electron chi connectivity index (χ1n) is 5.73. The van der Waals surface area contributed by atoms with Crippen LogP contribution in [0.25, 0.3) is 0 Å². The van der Waals surface area contributed by atoms with Crippen molar-refractivity contribution in [1.29, 1.82) is 0 Å². The molecule has 0 saturated carbocycles. The Morgan fingerprint density at radius 3 is 1.90 bits per heavy atom. The summed E-state index contributed by atoms with van der Waals surface area (Å²) in [7, 11) is -4.94. The van der Waals surface area contributed by atoms with Crippen LogP contribution in [-0.2, 0) is 9.53 Å². The second kappa shape index (κ2) is 6.15. The van der Waals surface area contributed by atoms with E-state index < -0.39 is 27.3 Å². The molecular weight excluding hydrogens is 294 g/mol. The Balaban J connectivity index is 0.000000621. The van der Waals surface area contributed by atoms with Gasteiger partial charge in [-0.2, -0.15) is 0 Å². The Kier molecular flexibility index (Phi) is 5.82. The molecule has 0 unspecified atom stereocenters. The molecule has 0 atom stereocenters. The van der Waals surface area contributed by atoms with Gasteiger partial charge in [-0.05, 0) is 6.92 Å². The number of hydrogen-bond donors (Lipinski definition) is 0. The highest BCUT2D eigenvalue weighted by molar-refractivity contribution is 5.91. The van der Waals surface area contributed by atoms with Crippen LogP contribution in [0.3, 0.4) is 0 Å². The smallest absolute Gasteiger partial charge is 0.341 e. The van der Waals surface area contributed by atoms with Crippen LogP contribution in [0.15, 0.2) is 11.6 Å². The molecule has 1 heterocycles. The fourth-order valence-corrected chi connectivity index (χ4v) is 1.94. The molecule has 9 heteroatoms. The lowest BCUT2D eigenvalue weighted by molar-refractivity contribution is -2.00. The van der Waals surface area contributed by atoms with E-state index in [2.05, 4.69) is 0 Å². The summed E-state index contributed by atoms with van der Waals surface area (Å²) in [6.45, 7) is 9.11. The minimum Gasteiger partial charge on any atom is -0.462 e. The summed E-state index contributed by atoms with van der Waals surface area (Å²) < 4.78 is 39.8. The Hall–Kier alpha value is -1.06. The first-order valence-corrected chi connectivity index (χ1v) is 6.96. The molecule has 1 aliphatic heterocycles. The molecule has 0 spiro atoms. The summed E-state index contributed by atoms with van der Waals surface area (Å²) in [4.78, 5) is 23.6. The van der Waals surface area contributed by atoms with Crippen LogP contribution in [0.1, 0.15) is 34.6 Å². The average molecular weight is 312 g/mol. The molecule has 0 bridgehead atoms. The van der Waals surface area contributed by atoms with Crippen molar-refractivity contribution in [1.82, 2.24) is 0 Å². The van der Waals surface area contributed by atoms with Crippen LogP contribution in [0.5, 0.6) is 0 Å². The van der Waals surface area contributed by atoms with E-state index in [1.165, 1.54) is 0 Å². The molecule has 0 radical (unpaired) electrons. The first-order chi connectivity index (χ1) is 8.73.